The van der Waals surface area contributed by atoms with Crippen LogP contribution in [-0.2, 0) is 4.74 Å². The monoisotopic (exact) mass is 307 g/mol. The summed E-state index contributed by atoms with van der Waals surface area (Å²) < 4.78 is 7.58. The zero-order valence-electron chi connectivity index (χ0n) is 14.7. The molecule has 0 aromatic carbocycles. The van der Waals surface area contributed by atoms with Gasteiger partial charge in [-0.3, -0.25) is 4.68 Å². The smallest absolute Gasteiger partial charge is 0.410 e. The Balaban J connectivity index is 1.99. The molecule has 0 saturated carbocycles. The molecule has 1 aromatic heterocycles. The first-order valence-electron chi connectivity index (χ1n) is 8.21. The van der Waals surface area contributed by atoms with Crippen LogP contribution >= 0.6 is 0 Å². The van der Waals surface area contributed by atoms with E-state index in [9.17, 15) is 4.79 Å². The maximum absolute atomic E-state index is 12.1. The third-order valence-corrected chi connectivity index (χ3v) is 3.94. The fourth-order valence-electron chi connectivity index (χ4n) is 2.94. The van der Waals surface area contributed by atoms with E-state index in [0.717, 1.165) is 31.6 Å². The van der Waals surface area contributed by atoms with Crippen LogP contribution in [0.3, 0.4) is 0 Å². The summed E-state index contributed by atoms with van der Waals surface area (Å²) in [6.07, 6.45) is 1.74. The van der Waals surface area contributed by atoms with Crippen LogP contribution < -0.4 is 0 Å². The maximum Gasteiger partial charge on any atom is 0.410 e. The molecule has 1 saturated heterocycles. The second-order valence-corrected chi connectivity index (χ2v) is 7.49. The van der Waals surface area contributed by atoms with E-state index in [2.05, 4.69) is 29.7 Å². The van der Waals surface area contributed by atoms with Gasteiger partial charge < -0.3 is 9.64 Å². The van der Waals surface area contributed by atoms with Gasteiger partial charge in [0.05, 0.1) is 5.69 Å². The molecule has 0 spiro atoms. The number of likely N-dealkylation sites (tertiary alicyclic amines) is 1. The van der Waals surface area contributed by atoms with Crippen LogP contribution in [0.25, 0.3) is 0 Å². The summed E-state index contributed by atoms with van der Waals surface area (Å²) in [5.74, 6) is 0.474. The van der Waals surface area contributed by atoms with Crippen LogP contribution in [0.15, 0.2) is 6.07 Å². The highest BCUT2D eigenvalue weighted by atomic mass is 16.6. The first kappa shape index (κ1) is 16.8. The van der Waals surface area contributed by atoms with Crippen LogP contribution in [0.1, 0.15) is 70.8 Å². The van der Waals surface area contributed by atoms with E-state index in [4.69, 9.17) is 4.74 Å². The van der Waals surface area contributed by atoms with Crippen LogP contribution in [-0.4, -0.2) is 39.5 Å². The van der Waals surface area contributed by atoms with E-state index in [1.807, 2.05) is 32.6 Å². The van der Waals surface area contributed by atoms with Crippen molar-refractivity contribution in [2.24, 2.45) is 0 Å². The van der Waals surface area contributed by atoms with Gasteiger partial charge >= 0.3 is 6.09 Å². The highest BCUT2D eigenvalue weighted by Crippen LogP contribution is 2.30. The number of ether oxygens (including phenoxy) is 1. The summed E-state index contributed by atoms with van der Waals surface area (Å²) in [6.45, 7) is 13.6. The lowest BCUT2D eigenvalue weighted by Crippen LogP contribution is -2.41. The number of carbonyl (C=O) groups is 1. The quantitative estimate of drug-likeness (QED) is 0.833. The van der Waals surface area contributed by atoms with E-state index >= 15 is 0 Å². The number of hydrogen-bond donors (Lipinski definition) is 0. The average molecular weight is 307 g/mol. The molecular weight excluding hydrogens is 278 g/mol. The summed E-state index contributed by atoms with van der Waals surface area (Å²) in [7, 11) is 0. The number of rotatable bonds is 2. The van der Waals surface area contributed by atoms with Crippen molar-refractivity contribution >= 4 is 6.09 Å². The number of aromatic nitrogens is 2. The Morgan fingerprint density at radius 3 is 2.41 bits per heavy atom. The molecule has 1 fully saturated rings. The first-order chi connectivity index (χ1) is 10.2. The van der Waals surface area contributed by atoms with Gasteiger partial charge in [0.25, 0.3) is 0 Å². The predicted octanol–water partition coefficient (Wildman–Crippen LogP) is 3.89. The molecule has 2 heterocycles. The van der Waals surface area contributed by atoms with Crippen molar-refractivity contribution in [2.75, 3.05) is 13.1 Å². The normalized spacial score (nSPS) is 17.1. The van der Waals surface area contributed by atoms with Gasteiger partial charge in [-0.15, -0.1) is 0 Å². The lowest BCUT2D eigenvalue weighted by atomic mass is 9.93. The molecule has 124 valence electrons. The molecule has 5 nitrogen and oxygen atoms in total. The third kappa shape index (κ3) is 4.02. The van der Waals surface area contributed by atoms with Crippen molar-refractivity contribution in [1.29, 1.82) is 0 Å². The van der Waals surface area contributed by atoms with Crippen LogP contribution in [0.5, 0.6) is 0 Å². The molecule has 1 amide bonds. The van der Waals surface area contributed by atoms with Crippen molar-refractivity contribution in [3.8, 4) is 0 Å². The first-order valence-corrected chi connectivity index (χ1v) is 8.21. The fourth-order valence-corrected chi connectivity index (χ4v) is 2.94. The largest absolute Gasteiger partial charge is 0.444 e. The standard InChI is InChI=1S/C17H29N3O2/c1-12(2)20-15(11-13(3)18-20)14-7-9-19(10-8-14)16(21)22-17(4,5)6/h11-12,14H,7-10H2,1-6H3. The van der Waals surface area contributed by atoms with E-state index < -0.39 is 5.60 Å². The molecule has 1 aromatic rings. The number of nitrogens with zero attached hydrogens (tertiary/aromatic N) is 3. The highest BCUT2D eigenvalue weighted by molar-refractivity contribution is 5.68. The molecule has 5 heteroatoms. The summed E-state index contributed by atoms with van der Waals surface area (Å²) in [4.78, 5) is 13.9. The topological polar surface area (TPSA) is 47.4 Å². The molecule has 1 aliphatic heterocycles. The van der Waals surface area contributed by atoms with Gasteiger partial charge in [0, 0.05) is 30.7 Å². The Morgan fingerprint density at radius 2 is 1.91 bits per heavy atom. The number of carbonyl (C=O) groups excluding carboxylic acids is 1. The third-order valence-electron chi connectivity index (χ3n) is 3.94. The fraction of sp³-hybridized carbons (Fsp3) is 0.765. The lowest BCUT2D eigenvalue weighted by Gasteiger charge is -2.33. The Morgan fingerprint density at radius 1 is 1.32 bits per heavy atom. The molecular formula is C17H29N3O2. The number of amides is 1. The van der Waals surface area contributed by atoms with Gasteiger partial charge in [-0.1, -0.05) is 0 Å². The van der Waals surface area contributed by atoms with E-state index in [1.165, 1.54) is 5.69 Å². The predicted molar refractivity (Wildman–Crippen MR) is 87.1 cm³/mol. The van der Waals surface area contributed by atoms with Crippen molar-refractivity contribution in [1.82, 2.24) is 14.7 Å². The van der Waals surface area contributed by atoms with Gasteiger partial charge in [-0.05, 0) is 60.5 Å². The average Bonchev–Trinajstić information content (AvgIpc) is 2.79. The highest BCUT2D eigenvalue weighted by Gasteiger charge is 2.29. The second-order valence-electron chi connectivity index (χ2n) is 7.49. The van der Waals surface area contributed by atoms with Crippen LogP contribution in [0, 0.1) is 6.92 Å². The van der Waals surface area contributed by atoms with E-state index in [-0.39, 0.29) is 6.09 Å². The molecule has 0 unspecified atom stereocenters. The SMILES string of the molecule is Cc1cc(C2CCN(C(=O)OC(C)(C)C)CC2)n(C(C)C)n1. The Hall–Kier alpha value is -1.52. The summed E-state index contributed by atoms with van der Waals surface area (Å²) in [5.41, 5.74) is 1.94. The van der Waals surface area contributed by atoms with Gasteiger partial charge in [0.1, 0.15) is 5.60 Å². The molecule has 0 radical (unpaired) electrons. The minimum atomic E-state index is -0.429. The van der Waals surface area contributed by atoms with Crippen molar-refractivity contribution < 1.29 is 9.53 Å². The second kappa shape index (κ2) is 6.31. The van der Waals surface area contributed by atoms with Crippen molar-refractivity contribution in [2.45, 2.75) is 71.9 Å². The molecule has 2 rings (SSSR count). The summed E-state index contributed by atoms with van der Waals surface area (Å²) in [6, 6.07) is 2.56. The number of piperidine rings is 1. The zero-order chi connectivity index (χ0) is 16.5. The lowest BCUT2D eigenvalue weighted by molar-refractivity contribution is 0.0203. The van der Waals surface area contributed by atoms with E-state index in [0.29, 0.717) is 12.0 Å². The molecule has 0 bridgehead atoms. The number of hydrogen-bond acceptors (Lipinski definition) is 3. The minimum Gasteiger partial charge on any atom is -0.444 e. The zero-order valence-corrected chi connectivity index (χ0v) is 14.7. The Bertz CT molecular complexity index is 520. The Kier molecular flexibility index (Phi) is 4.83. The van der Waals surface area contributed by atoms with Crippen LogP contribution in [0.2, 0.25) is 0 Å². The molecule has 1 aliphatic rings. The van der Waals surface area contributed by atoms with Gasteiger partial charge in [0.15, 0.2) is 0 Å². The summed E-state index contributed by atoms with van der Waals surface area (Å²) in [5, 5.41) is 4.60. The minimum absolute atomic E-state index is 0.195. The maximum atomic E-state index is 12.1. The molecule has 0 N–H and O–H groups in total. The summed E-state index contributed by atoms with van der Waals surface area (Å²) >= 11 is 0. The molecule has 0 aliphatic carbocycles. The van der Waals surface area contributed by atoms with Crippen LogP contribution in [0.4, 0.5) is 4.79 Å². The van der Waals surface area contributed by atoms with E-state index in [1.54, 1.807) is 0 Å². The molecule has 22 heavy (non-hydrogen) atoms. The van der Waals surface area contributed by atoms with Crippen molar-refractivity contribution in [3.63, 3.8) is 0 Å². The molecule has 0 atom stereocenters. The van der Waals surface area contributed by atoms with Gasteiger partial charge in [0.2, 0.25) is 0 Å². The van der Waals surface area contributed by atoms with Gasteiger partial charge in [-0.25, -0.2) is 4.79 Å². The van der Waals surface area contributed by atoms with Gasteiger partial charge in [-0.2, -0.15) is 5.10 Å². The van der Waals surface area contributed by atoms with Crippen molar-refractivity contribution in [3.05, 3.63) is 17.5 Å². The number of aryl methyl sites for hydroxylation is 1. The Labute approximate surface area is 133 Å².